The van der Waals surface area contributed by atoms with Gasteiger partial charge in [-0.1, -0.05) is 25.5 Å². The Kier molecular flexibility index (Phi) is 8.73. The number of Topliss-reactive ketones (excluding diaryl/α,β-unsaturated/α-hetero) is 1. The second-order valence-electron chi connectivity index (χ2n) is 8.93. The number of nitrogens with zero attached hydrogens (tertiary/aromatic N) is 3. The molecule has 2 heterocycles. The molecule has 0 bridgehead atoms. The highest BCUT2D eigenvalue weighted by atomic mass is 79.9. The number of amides is 1. The van der Waals surface area contributed by atoms with Crippen LogP contribution in [0.15, 0.2) is 65.2 Å². The van der Waals surface area contributed by atoms with E-state index in [1.54, 1.807) is 48.9 Å². The van der Waals surface area contributed by atoms with E-state index in [-0.39, 0.29) is 29.4 Å². The van der Waals surface area contributed by atoms with Crippen LogP contribution >= 0.6 is 15.9 Å². The molecule has 10 heteroatoms. The van der Waals surface area contributed by atoms with E-state index in [1.807, 2.05) is 10.8 Å². The lowest BCUT2D eigenvalue weighted by atomic mass is 9.95. The third-order valence-electron chi connectivity index (χ3n) is 6.37. The molecular weight excluding hydrogens is 554 g/mol. The van der Waals surface area contributed by atoms with E-state index in [4.69, 9.17) is 9.47 Å². The second-order valence-corrected chi connectivity index (χ2v) is 9.78. The van der Waals surface area contributed by atoms with E-state index in [9.17, 15) is 19.8 Å². The third-order valence-corrected chi connectivity index (χ3v) is 6.98. The van der Waals surface area contributed by atoms with Crippen molar-refractivity contribution >= 4 is 33.4 Å². The quantitative estimate of drug-likeness (QED) is 0.140. The highest BCUT2D eigenvalue weighted by Crippen LogP contribution is 2.44. The predicted octanol–water partition coefficient (Wildman–Crippen LogP) is 5.05. The monoisotopic (exact) mass is 583 g/mol. The number of methoxy groups -OCH3 is 1. The zero-order valence-electron chi connectivity index (χ0n) is 21.3. The summed E-state index contributed by atoms with van der Waals surface area (Å²) >= 11 is 3.33. The number of aromatic nitrogens is 2. The number of hydrogen-bond donors (Lipinski definition) is 2. The van der Waals surface area contributed by atoms with Gasteiger partial charge in [-0.25, -0.2) is 4.98 Å². The number of unbranched alkanes of at least 4 members (excludes halogenated alkanes) is 1. The van der Waals surface area contributed by atoms with Crippen LogP contribution in [-0.2, 0) is 16.1 Å². The SMILES string of the molecule is CCCCOc1cccc(C(O)=C2C(=O)C(=O)N(CCCn3ccnc3)C2c2cc(Br)c(O)c(OC)c2)c1. The van der Waals surface area contributed by atoms with Gasteiger partial charge in [0.2, 0.25) is 0 Å². The average Bonchev–Trinajstić information content (AvgIpc) is 3.52. The van der Waals surface area contributed by atoms with E-state index in [1.165, 1.54) is 12.0 Å². The summed E-state index contributed by atoms with van der Waals surface area (Å²) in [7, 11) is 1.41. The number of benzene rings is 2. The predicted molar refractivity (Wildman–Crippen MR) is 145 cm³/mol. The van der Waals surface area contributed by atoms with Crippen molar-refractivity contribution in [2.75, 3.05) is 20.3 Å². The maximum absolute atomic E-state index is 13.4. The Bertz CT molecular complexity index is 1340. The van der Waals surface area contributed by atoms with E-state index < -0.39 is 17.7 Å². The van der Waals surface area contributed by atoms with Gasteiger partial charge in [-0.3, -0.25) is 9.59 Å². The minimum atomic E-state index is -0.895. The topological polar surface area (TPSA) is 114 Å². The highest BCUT2D eigenvalue weighted by molar-refractivity contribution is 9.10. The van der Waals surface area contributed by atoms with E-state index >= 15 is 0 Å². The van der Waals surface area contributed by atoms with Crippen LogP contribution < -0.4 is 9.47 Å². The molecule has 1 fully saturated rings. The number of halogens is 1. The van der Waals surface area contributed by atoms with Crippen LogP contribution in [0.3, 0.4) is 0 Å². The number of aliphatic hydroxyl groups is 1. The maximum Gasteiger partial charge on any atom is 0.295 e. The maximum atomic E-state index is 13.4. The van der Waals surface area contributed by atoms with E-state index in [0.717, 1.165) is 12.8 Å². The van der Waals surface area contributed by atoms with Crippen LogP contribution in [0.5, 0.6) is 17.2 Å². The number of hydrogen-bond acceptors (Lipinski definition) is 7. The summed E-state index contributed by atoms with van der Waals surface area (Å²) < 4.78 is 13.3. The molecule has 1 amide bonds. The Labute approximate surface area is 229 Å². The molecule has 1 aliphatic rings. The molecule has 0 spiro atoms. The number of imidazole rings is 1. The van der Waals surface area contributed by atoms with Gasteiger partial charge in [-0.05, 0) is 58.6 Å². The van der Waals surface area contributed by atoms with Gasteiger partial charge in [0, 0.05) is 31.0 Å². The lowest BCUT2D eigenvalue weighted by Crippen LogP contribution is -2.31. The van der Waals surface area contributed by atoms with Crippen molar-refractivity contribution in [3.8, 4) is 17.2 Å². The molecular formula is C28H30BrN3O6. The van der Waals surface area contributed by atoms with Crippen molar-refractivity contribution in [1.29, 1.82) is 0 Å². The summed E-state index contributed by atoms with van der Waals surface area (Å²) in [5.41, 5.74) is 0.832. The summed E-state index contributed by atoms with van der Waals surface area (Å²) in [5.74, 6) is -1.16. The number of aromatic hydroxyl groups is 1. The minimum absolute atomic E-state index is 0.0389. The first-order valence-corrected chi connectivity index (χ1v) is 13.2. The van der Waals surface area contributed by atoms with E-state index in [2.05, 4.69) is 27.8 Å². The first kappa shape index (κ1) is 27.3. The fraction of sp³-hybridized carbons (Fsp3) is 0.321. The summed E-state index contributed by atoms with van der Waals surface area (Å²) in [6.45, 7) is 3.45. The number of likely N-dealkylation sites (tertiary alicyclic amines) is 1. The number of phenols is 1. The lowest BCUT2D eigenvalue weighted by Gasteiger charge is -2.26. The average molecular weight is 584 g/mol. The standard InChI is InChI=1S/C28H30BrN3O6/c1-3-4-13-38-20-8-5-7-18(14-20)25(33)23-24(19-15-21(29)26(34)22(16-19)37-2)32(28(36)27(23)35)11-6-10-31-12-9-30-17-31/h5,7-9,12,14-17,24,33-34H,3-4,6,10-11,13H2,1-2H3. The van der Waals surface area contributed by atoms with E-state index in [0.29, 0.717) is 40.9 Å². The zero-order chi connectivity index (χ0) is 27.2. The summed E-state index contributed by atoms with van der Waals surface area (Å²) in [5, 5.41) is 21.8. The number of aliphatic hydroxyl groups excluding tert-OH is 1. The lowest BCUT2D eigenvalue weighted by molar-refractivity contribution is -0.139. The highest BCUT2D eigenvalue weighted by Gasteiger charge is 2.46. The summed E-state index contributed by atoms with van der Waals surface area (Å²) in [6, 6.07) is 9.12. The molecule has 0 aliphatic carbocycles. The van der Waals surface area contributed by atoms with Crippen LogP contribution in [-0.4, -0.2) is 56.6 Å². The van der Waals surface area contributed by atoms with Crippen molar-refractivity contribution in [3.63, 3.8) is 0 Å². The van der Waals surface area contributed by atoms with Crippen molar-refractivity contribution in [2.45, 2.75) is 38.8 Å². The van der Waals surface area contributed by atoms with Crippen molar-refractivity contribution in [2.24, 2.45) is 0 Å². The van der Waals surface area contributed by atoms with Gasteiger partial charge in [0.15, 0.2) is 11.5 Å². The Morgan fingerprint density at radius 1 is 1.16 bits per heavy atom. The molecule has 4 rings (SSSR count). The van der Waals surface area contributed by atoms with Gasteiger partial charge in [0.25, 0.3) is 11.7 Å². The fourth-order valence-electron chi connectivity index (χ4n) is 4.43. The molecule has 0 saturated carbocycles. The van der Waals surface area contributed by atoms with Gasteiger partial charge in [-0.15, -0.1) is 0 Å². The van der Waals surface area contributed by atoms with Crippen LogP contribution in [0.4, 0.5) is 0 Å². The van der Waals surface area contributed by atoms with Crippen molar-refractivity contribution in [1.82, 2.24) is 14.5 Å². The largest absolute Gasteiger partial charge is 0.507 e. The smallest absolute Gasteiger partial charge is 0.295 e. The fourth-order valence-corrected chi connectivity index (χ4v) is 4.89. The Morgan fingerprint density at radius 2 is 1.97 bits per heavy atom. The molecule has 0 radical (unpaired) electrons. The molecule has 1 aromatic heterocycles. The molecule has 1 aliphatic heterocycles. The van der Waals surface area contributed by atoms with Gasteiger partial charge in [-0.2, -0.15) is 0 Å². The van der Waals surface area contributed by atoms with Crippen molar-refractivity contribution < 1.29 is 29.3 Å². The Hall–Kier alpha value is -3.79. The van der Waals surface area contributed by atoms with Crippen LogP contribution in [0.1, 0.15) is 43.4 Å². The third kappa shape index (κ3) is 5.70. The number of carbonyl (C=O) groups is 2. The molecule has 38 heavy (non-hydrogen) atoms. The number of rotatable bonds is 11. The molecule has 1 atom stereocenters. The van der Waals surface area contributed by atoms with Gasteiger partial charge in [0.1, 0.15) is 11.5 Å². The number of ether oxygens (including phenoxy) is 2. The zero-order valence-corrected chi connectivity index (χ0v) is 22.8. The number of phenolic OH excluding ortho intramolecular Hbond substituents is 1. The van der Waals surface area contributed by atoms with Gasteiger partial charge in [0.05, 0.1) is 36.1 Å². The summed E-state index contributed by atoms with van der Waals surface area (Å²) in [4.78, 5) is 32.1. The molecule has 1 unspecified atom stereocenters. The molecule has 2 aromatic carbocycles. The van der Waals surface area contributed by atoms with Crippen LogP contribution in [0.2, 0.25) is 0 Å². The summed E-state index contributed by atoms with van der Waals surface area (Å²) in [6.07, 6.45) is 7.60. The number of carbonyl (C=O) groups excluding carboxylic acids is 2. The van der Waals surface area contributed by atoms with Crippen LogP contribution in [0.25, 0.3) is 5.76 Å². The van der Waals surface area contributed by atoms with Gasteiger partial charge < -0.3 is 29.2 Å². The second kappa shape index (κ2) is 12.2. The minimum Gasteiger partial charge on any atom is -0.507 e. The Balaban J connectivity index is 1.76. The molecule has 2 N–H and O–H groups in total. The van der Waals surface area contributed by atoms with Gasteiger partial charge >= 0.3 is 0 Å². The molecule has 9 nitrogen and oxygen atoms in total. The van der Waals surface area contributed by atoms with Crippen molar-refractivity contribution in [3.05, 3.63) is 76.3 Å². The number of ketones is 1. The van der Waals surface area contributed by atoms with Crippen LogP contribution in [0, 0.1) is 0 Å². The normalized spacial score (nSPS) is 16.7. The number of aryl methyl sites for hydroxylation is 1. The molecule has 3 aromatic rings. The Morgan fingerprint density at radius 3 is 2.68 bits per heavy atom. The molecule has 1 saturated heterocycles. The first-order valence-electron chi connectivity index (χ1n) is 12.4. The first-order chi connectivity index (χ1) is 18.3. The molecule has 200 valence electrons.